The second-order valence-electron chi connectivity index (χ2n) is 16.9. The Labute approximate surface area is 357 Å². The zero-order valence-electron chi connectivity index (χ0n) is 34.3. The zero-order valence-corrected chi connectivity index (χ0v) is 36.5. The van der Waals surface area contributed by atoms with E-state index < -0.39 is 11.2 Å². The van der Waals surface area contributed by atoms with E-state index >= 15 is 0 Å². The van der Waals surface area contributed by atoms with Gasteiger partial charge in [0.2, 0.25) is 16.4 Å². The molecule has 4 aromatic heterocycles. The van der Waals surface area contributed by atoms with Crippen LogP contribution in [0, 0.1) is 11.8 Å². The summed E-state index contributed by atoms with van der Waals surface area (Å²) in [6, 6.07) is 0. The lowest BCUT2D eigenvalue weighted by Crippen LogP contribution is -2.53. The first-order valence-electron chi connectivity index (χ1n) is 19.9. The topological polar surface area (TPSA) is 194 Å². The fourth-order valence-corrected chi connectivity index (χ4v) is 7.19. The number of amides is 2. The second-order valence-corrected chi connectivity index (χ2v) is 17.9. The quantitative estimate of drug-likeness (QED) is 0.152. The van der Waals surface area contributed by atoms with Gasteiger partial charge in [-0.2, -0.15) is 25.1 Å². The number of aliphatic hydroxyl groups is 1. The van der Waals surface area contributed by atoms with E-state index in [1.165, 1.54) is 0 Å². The van der Waals surface area contributed by atoms with E-state index in [-0.39, 0.29) is 53.7 Å². The number of hydrogen-bond donors (Lipinski definition) is 1. The number of rotatable bonds is 6. The third-order valence-electron chi connectivity index (χ3n) is 9.56. The van der Waals surface area contributed by atoms with Crippen LogP contribution in [0.25, 0.3) is 22.1 Å². The molecule has 18 nitrogen and oxygen atoms in total. The summed E-state index contributed by atoms with van der Waals surface area (Å²) >= 11 is 17.9. The summed E-state index contributed by atoms with van der Waals surface area (Å²) in [6.07, 6.45) is 8.70. The predicted molar refractivity (Wildman–Crippen MR) is 219 cm³/mol. The molecule has 21 heteroatoms. The zero-order chi connectivity index (χ0) is 42.5. The molecule has 4 aliphatic rings. The molecule has 324 valence electrons. The number of likely N-dealkylation sites (tertiary alicyclic amines) is 2. The normalized spacial score (nSPS) is 20.2. The predicted octanol–water partition coefficient (Wildman–Crippen LogP) is 7.10. The number of fused-ring (bicyclic) bond motifs is 2. The monoisotopic (exact) mass is 882 g/mol. The number of carbonyl (C=O) groups excluding carboxylic acids is 2. The molecule has 4 saturated heterocycles. The van der Waals surface area contributed by atoms with Crippen LogP contribution in [-0.4, -0.2) is 130 Å². The summed E-state index contributed by atoms with van der Waals surface area (Å²) in [7, 11) is 0. The van der Waals surface area contributed by atoms with Crippen molar-refractivity contribution in [3.63, 3.8) is 0 Å². The van der Waals surface area contributed by atoms with Gasteiger partial charge in [-0.05, 0) is 103 Å². The molecule has 4 aromatic rings. The number of aliphatic hydroxyl groups excluding tert-OH is 1. The molecule has 0 bridgehead atoms. The van der Waals surface area contributed by atoms with Gasteiger partial charge in [0.05, 0.1) is 24.4 Å². The molecule has 0 spiro atoms. The van der Waals surface area contributed by atoms with Gasteiger partial charge >= 0.3 is 12.2 Å². The van der Waals surface area contributed by atoms with E-state index in [9.17, 15) is 9.59 Å². The highest BCUT2D eigenvalue weighted by molar-refractivity contribution is 6.35. The van der Waals surface area contributed by atoms with Gasteiger partial charge in [-0.15, -0.1) is 0 Å². The van der Waals surface area contributed by atoms with E-state index in [0.717, 1.165) is 45.1 Å². The van der Waals surface area contributed by atoms with Crippen LogP contribution in [0.15, 0.2) is 12.4 Å². The smallest absolute Gasteiger partial charge is 0.410 e. The maximum absolute atomic E-state index is 12.0. The van der Waals surface area contributed by atoms with E-state index in [1.54, 1.807) is 31.6 Å². The van der Waals surface area contributed by atoms with Crippen LogP contribution in [0.4, 0.5) is 9.59 Å². The molecule has 0 aromatic carbocycles. The Balaban J connectivity index is 0.000000165. The van der Waals surface area contributed by atoms with Crippen LogP contribution < -0.4 is 4.74 Å². The lowest BCUT2D eigenvalue weighted by Gasteiger charge is -2.39. The number of nitrogens with zero attached hydrogens (tertiary/aromatic N) is 10. The Morgan fingerprint density at radius 2 is 1.19 bits per heavy atom. The average Bonchev–Trinajstić information content (AvgIpc) is 3.75. The van der Waals surface area contributed by atoms with Crippen LogP contribution >= 0.6 is 34.8 Å². The number of aromatic nitrogens is 8. The van der Waals surface area contributed by atoms with E-state index in [0.29, 0.717) is 72.5 Å². The van der Waals surface area contributed by atoms with Gasteiger partial charge in [-0.1, -0.05) is 11.6 Å². The first-order valence-corrected chi connectivity index (χ1v) is 21.0. The van der Waals surface area contributed by atoms with Crippen LogP contribution in [-0.2, 0) is 18.9 Å². The van der Waals surface area contributed by atoms with Gasteiger partial charge in [0, 0.05) is 57.8 Å². The maximum atomic E-state index is 12.0. The van der Waals surface area contributed by atoms with Crippen molar-refractivity contribution in [2.75, 3.05) is 52.6 Å². The van der Waals surface area contributed by atoms with Gasteiger partial charge in [0.25, 0.3) is 0 Å². The van der Waals surface area contributed by atoms with E-state index in [1.807, 2.05) is 41.5 Å². The van der Waals surface area contributed by atoms with Gasteiger partial charge in [0.15, 0.2) is 23.8 Å². The van der Waals surface area contributed by atoms with E-state index in [2.05, 4.69) is 30.1 Å². The van der Waals surface area contributed by atoms with Gasteiger partial charge in [-0.3, -0.25) is 0 Å². The maximum Gasteiger partial charge on any atom is 0.410 e. The largest absolute Gasteiger partial charge is 0.477 e. The summed E-state index contributed by atoms with van der Waals surface area (Å²) in [5.41, 5.74) is 0.309. The minimum atomic E-state index is -0.496. The van der Waals surface area contributed by atoms with Gasteiger partial charge < -0.3 is 38.6 Å². The molecular formula is C38H53Cl3N10O8. The number of hydrogen-bond acceptors (Lipinski definition) is 14. The molecule has 8 heterocycles. The molecule has 1 N–H and O–H groups in total. The molecule has 2 unspecified atom stereocenters. The fourth-order valence-electron chi connectivity index (χ4n) is 6.61. The van der Waals surface area contributed by atoms with Crippen LogP contribution in [0.5, 0.6) is 5.88 Å². The summed E-state index contributed by atoms with van der Waals surface area (Å²) in [6.45, 7) is 15.5. The Bertz CT molecular complexity index is 2050. The van der Waals surface area contributed by atoms with E-state index in [4.69, 9.17) is 63.6 Å². The van der Waals surface area contributed by atoms with Crippen molar-refractivity contribution in [3.05, 3.63) is 28.1 Å². The van der Waals surface area contributed by atoms with Crippen molar-refractivity contribution in [1.29, 1.82) is 0 Å². The molecule has 0 aliphatic carbocycles. The molecule has 4 fully saturated rings. The SMILES string of the molecule is CC(C)(C)OC(=O)N1CC(CO)C1.CC(C)(C)OC(=O)N1CC(COc2nc(Cl)nc3c2cnn3C2CCCCO2)C1.Clc1nc(Cl)c2cnn(C3CCCCO3)c2n1. The molecule has 0 saturated carbocycles. The molecular weight excluding hydrogens is 831 g/mol. The first kappa shape index (κ1) is 44.7. The summed E-state index contributed by atoms with van der Waals surface area (Å²) < 4.78 is 31.4. The third kappa shape index (κ3) is 11.9. The summed E-state index contributed by atoms with van der Waals surface area (Å²) in [5, 5.41) is 19.4. The number of halogens is 3. The van der Waals surface area contributed by atoms with Crippen molar-refractivity contribution in [2.45, 2.75) is 104 Å². The Morgan fingerprint density at radius 1 is 0.712 bits per heavy atom. The highest BCUT2D eigenvalue weighted by atomic mass is 35.5. The van der Waals surface area contributed by atoms with Crippen LogP contribution in [0.1, 0.15) is 92.5 Å². The fraction of sp³-hybridized carbons (Fsp3) is 0.684. The third-order valence-corrected chi connectivity index (χ3v) is 10.2. The Morgan fingerprint density at radius 3 is 1.66 bits per heavy atom. The summed E-state index contributed by atoms with van der Waals surface area (Å²) in [5.74, 6) is 0.855. The van der Waals surface area contributed by atoms with Crippen molar-refractivity contribution in [2.24, 2.45) is 11.8 Å². The molecule has 4 aliphatic heterocycles. The molecule has 2 amide bonds. The van der Waals surface area contributed by atoms with Crippen molar-refractivity contribution >= 4 is 69.1 Å². The average molecular weight is 884 g/mol. The van der Waals surface area contributed by atoms with Gasteiger partial charge in [0.1, 0.15) is 21.7 Å². The lowest BCUT2D eigenvalue weighted by molar-refractivity contribution is -0.0371. The molecule has 8 rings (SSSR count). The standard InChI is InChI=1S/C19H26ClN5O4.C10H10Cl2N4O.C9H17NO3/c1-19(2,3)29-18(26)24-9-12(10-24)11-28-16-13-8-21-25(14-6-4-5-7-27-14)15(13)22-17(20)23-16;11-8-6-5-13-16(7-3-1-2-4-17-7)9(6)15-10(12)14-8;1-9(2,3)13-8(12)10-4-7(5-10)6-11/h8,12,14H,4-7,9-11H2,1-3H3;5,7H,1-4H2;7,11H,4-6H2,1-3H3. The number of carbonyl (C=O) groups is 2. The Kier molecular flexibility index (Phi) is 14.6. The van der Waals surface area contributed by atoms with Gasteiger partial charge in [-0.25, -0.2) is 23.9 Å². The lowest BCUT2D eigenvalue weighted by atomic mass is 10.0. The van der Waals surface area contributed by atoms with Crippen molar-refractivity contribution < 1.29 is 38.4 Å². The van der Waals surface area contributed by atoms with Crippen LogP contribution in [0.3, 0.4) is 0 Å². The second kappa shape index (κ2) is 19.3. The highest BCUT2D eigenvalue weighted by Gasteiger charge is 2.35. The molecule has 59 heavy (non-hydrogen) atoms. The van der Waals surface area contributed by atoms with Crippen molar-refractivity contribution in [3.8, 4) is 5.88 Å². The van der Waals surface area contributed by atoms with Crippen LogP contribution in [0.2, 0.25) is 15.7 Å². The minimum absolute atomic E-state index is 0.0803. The number of ether oxygens (including phenoxy) is 5. The Hall–Kier alpha value is -3.81. The minimum Gasteiger partial charge on any atom is -0.477 e. The highest BCUT2D eigenvalue weighted by Crippen LogP contribution is 2.31. The molecule has 2 atom stereocenters. The first-order chi connectivity index (χ1) is 28.0. The van der Waals surface area contributed by atoms with Crippen molar-refractivity contribution in [1.82, 2.24) is 49.3 Å². The molecule has 0 radical (unpaired) electrons. The summed E-state index contributed by atoms with van der Waals surface area (Å²) in [4.78, 5) is 43.2.